The molecule has 0 saturated heterocycles. The van der Waals surface area contributed by atoms with Gasteiger partial charge in [0.25, 0.3) is 0 Å². The maximum absolute atomic E-state index is 10.8. The zero-order valence-electron chi connectivity index (χ0n) is 9.21. The second-order valence-electron chi connectivity index (χ2n) is 3.43. The van der Waals surface area contributed by atoms with E-state index in [9.17, 15) is 4.79 Å². The first kappa shape index (κ1) is 11.8. The van der Waals surface area contributed by atoms with E-state index in [-0.39, 0.29) is 5.69 Å². The zero-order chi connectivity index (χ0) is 12.3. The molecule has 88 valence electrons. The lowest BCUT2D eigenvalue weighted by molar-refractivity contribution is 0.0691. The van der Waals surface area contributed by atoms with Crippen LogP contribution in [0.25, 0.3) is 10.6 Å². The fraction of sp³-hybridized carbons (Fsp3) is 0.167. The van der Waals surface area contributed by atoms with E-state index in [1.54, 1.807) is 12.5 Å². The number of carbonyl (C=O) groups is 1. The van der Waals surface area contributed by atoms with Gasteiger partial charge in [-0.05, 0) is 5.56 Å². The fourth-order valence-electron chi connectivity index (χ4n) is 1.51. The largest absolute Gasteiger partial charge is 0.476 e. The average molecular weight is 249 g/mol. The van der Waals surface area contributed by atoms with Crippen LogP contribution in [0, 0.1) is 0 Å². The van der Waals surface area contributed by atoms with Crippen molar-refractivity contribution in [2.75, 3.05) is 7.11 Å². The molecule has 5 heteroatoms. The van der Waals surface area contributed by atoms with Crippen LogP contribution in [0.3, 0.4) is 0 Å². The number of ether oxygens (including phenoxy) is 1. The summed E-state index contributed by atoms with van der Waals surface area (Å²) in [7, 11) is 1.63. The molecule has 0 aliphatic heterocycles. The van der Waals surface area contributed by atoms with Crippen molar-refractivity contribution in [2.45, 2.75) is 6.61 Å². The first-order valence-corrected chi connectivity index (χ1v) is 5.86. The van der Waals surface area contributed by atoms with Gasteiger partial charge in [-0.15, -0.1) is 11.3 Å². The molecule has 0 aliphatic rings. The van der Waals surface area contributed by atoms with Crippen LogP contribution >= 0.6 is 11.3 Å². The number of benzene rings is 1. The van der Waals surface area contributed by atoms with Crippen LogP contribution in [0.4, 0.5) is 0 Å². The minimum Gasteiger partial charge on any atom is -0.476 e. The van der Waals surface area contributed by atoms with E-state index in [1.807, 2.05) is 24.3 Å². The summed E-state index contributed by atoms with van der Waals surface area (Å²) < 4.78 is 5.10. The van der Waals surface area contributed by atoms with Crippen molar-refractivity contribution in [1.82, 2.24) is 4.98 Å². The molecule has 2 aromatic rings. The Morgan fingerprint density at radius 2 is 2.24 bits per heavy atom. The van der Waals surface area contributed by atoms with E-state index in [0.29, 0.717) is 11.6 Å². The lowest BCUT2D eigenvalue weighted by Gasteiger charge is -2.05. The minimum atomic E-state index is -1.00. The Morgan fingerprint density at radius 1 is 1.47 bits per heavy atom. The number of nitrogens with zero attached hydrogens (tertiary/aromatic N) is 1. The van der Waals surface area contributed by atoms with E-state index in [2.05, 4.69) is 4.98 Å². The van der Waals surface area contributed by atoms with Crippen molar-refractivity contribution < 1.29 is 14.6 Å². The average Bonchev–Trinajstić information content (AvgIpc) is 2.79. The number of aromatic nitrogens is 1. The second-order valence-corrected chi connectivity index (χ2v) is 4.29. The van der Waals surface area contributed by atoms with Gasteiger partial charge < -0.3 is 9.84 Å². The first-order chi connectivity index (χ1) is 8.22. The highest BCUT2D eigenvalue weighted by atomic mass is 32.1. The molecular weight excluding hydrogens is 238 g/mol. The molecule has 0 spiro atoms. The highest BCUT2D eigenvalue weighted by Gasteiger charge is 2.12. The van der Waals surface area contributed by atoms with Gasteiger partial charge in [-0.1, -0.05) is 24.3 Å². The molecule has 1 N–H and O–H groups in total. The quantitative estimate of drug-likeness (QED) is 0.905. The maximum atomic E-state index is 10.8. The summed E-state index contributed by atoms with van der Waals surface area (Å²) in [5, 5.41) is 11.1. The molecule has 1 heterocycles. The normalized spacial score (nSPS) is 10.4. The number of hydrogen-bond acceptors (Lipinski definition) is 4. The SMILES string of the molecule is COCc1ccccc1-c1nc(C(=O)O)cs1. The Bertz CT molecular complexity index is 536. The standard InChI is InChI=1S/C12H11NO3S/c1-16-6-8-4-2-3-5-9(8)11-13-10(7-17-11)12(14)15/h2-5,7H,6H2,1H3,(H,14,15). The number of carboxylic acid groups (broad SMARTS) is 1. The van der Waals surface area contributed by atoms with Crippen LogP contribution in [0.1, 0.15) is 16.1 Å². The van der Waals surface area contributed by atoms with Crippen molar-refractivity contribution in [2.24, 2.45) is 0 Å². The van der Waals surface area contributed by atoms with Crippen molar-refractivity contribution >= 4 is 17.3 Å². The Hall–Kier alpha value is -1.72. The second kappa shape index (κ2) is 5.07. The fourth-order valence-corrected chi connectivity index (χ4v) is 2.36. The Balaban J connectivity index is 2.41. The molecule has 2 rings (SSSR count). The lowest BCUT2D eigenvalue weighted by Crippen LogP contribution is -1.96. The Morgan fingerprint density at radius 3 is 2.88 bits per heavy atom. The van der Waals surface area contributed by atoms with Crippen LogP contribution in [-0.4, -0.2) is 23.2 Å². The van der Waals surface area contributed by atoms with Crippen LogP contribution in [0.5, 0.6) is 0 Å². The van der Waals surface area contributed by atoms with Gasteiger partial charge >= 0.3 is 5.97 Å². The summed E-state index contributed by atoms with van der Waals surface area (Å²) in [5.74, 6) is -1.00. The zero-order valence-corrected chi connectivity index (χ0v) is 10.0. The van der Waals surface area contributed by atoms with Gasteiger partial charge in [-0.2, -0.15) is 0 Å². The molecule has 17 heavy (non-hydrogen) atoms. The van der Waals surface area contributed by atoms with Gasteiger partial charge in [0, 0.05) is 18.1 Å². The van der Waals surface area contributed by atoms with Gasteiger partial charge in [-0.25, -0.2) is 9.78 Å². The summed E-state index contributed by atoms with van der Waals surface area (Å²) in [6, 6.07) is 7.68. The maximum Gasteiger partial charge on any atom is 0.355 e. The lowest BCUT2D eigenvalue weighted by atomic mass is 10.1. The molecule has 0 atom stereocenters. The van der Waals surface area contributed by atoms with Gasteiger partial charge in [0.05, 0.1) is 6.61 Å². The number of rotatable bonds is 4. The summed E-state index contributed by atoms with van der Waals surface area (Å²) in [4.78, 5) is 14.9. The molecular formula is C12H11NO3S. The molecule has 1 aromatic carbocycles. The summed E-state index contributed by atoms with van der Waals surface area (Å²) in [5.41, 5.74) is 2.00. The van der Waals surface area contributed by atoms with E-state index >= 15 is 0 Å². The van der Waals surface area contributed by atoms with Crippen LogP contribution in [-0.2, 0) is 11.3 Å². The molecule has 0 fully saturated rings. The Labute approximate surface area is 103 Å². The Kier molecular flexibility index (Phi) is 3.51. The smallest absolute Gasteiger partial charge is 0.355 e. The van der Waals surface area contributed by atoms with Crippen LogP contribution in [0.2, 0.25) is 0 Å². The van der Waals surface area contributed by atoms with Gasteiger partial charge in [0.2, 0.25) is 0 Å². The number of methoxy groups -OCH3 is 1. The predicted octanol–water partition coefficient (Wildman–Crippen LogP) is 2.65. The highest BCUT2D eigenvalue weighted by Crippen LogP contribution is 2.27. The topological polar surface area (TPSA) is 59.4 Å². The van der Waals surface area contributed by atoms with Crippen LogP contribution < -0.4 is 0 Å². The molecule has 1 aromatic heterocycles. The molecule has 0 unspecified atom stereocenters. The molecule has 0 radical (unpaired) electrons. The molecule has 0 aliphatic carbocycles. The first-order valence-electron chi connectivity index (χ1n) is 4.98. The predicted molar refractivity (Wildman–Crippen MR) is 65.2 cm³/mol. The number of hydrogen-bond donors (Lipinski definition) is 1. The van der Waals surface area contributed by atoms with E-state index in [4.69, 9.17) is 9.84 Å². The molecule has 0 bridgehead atoms. The number of thiazole rings is 1. The number of carboxylic acids is 1. The number of aromatic carboxylic acids is 1. The molecule has 4 nitrogen and oxygen atoms in total. The van der Waals surface area contributed by atoms with E-state index in [0.717, 1.165) is 11.1 Å². The van der Waals surface area contributed by atoms with Gasteiger partial charge in [-0.3, -0.25) is 0 Å². The summed E-state index contributed by atoms with van der Waals surface area (Å²) in [6.45, 7) is 0.484. The summed E-state index contributed by atoms with van der Waals surface area (Å²) >= 11 is 1.32. The van der Waals surface area contributed by atoms with Crippen molar-refractivity contribution in [1.29, 1.82) is 0 Å². The van der Waals surface area contributed by atoms with E-state index in [1.165, 1.54) is 11.3 Å². The summed E-state index contributed by atoms with van der Waals surface area (Å²) in [6.07, 6.45) is 0. The monoisotopic (exact) mass is 249 g/mol. The van der Waals surface area contributed by atoms with E-state index < -0.39 is 5.97 Å². The van der Waals surface area contributed by atoms with Crippen LogP contribution in [0.15, 0.2) is 29.6 Å². The minimum absolute atomic E-state index is 0.0808. The van der Waals surface area contributed by atoms with Crippen molar-refractivity contribution in [3.8, 4) is 10.6 Å². The third-order valence-corrected chi connectivity index (χ3v) is 3.15. The van der Waals surface area contributed by atoms with Crippen molar-refractivity contribution in [3.63, 3.8) is 0 Å². The molecule has 0 saturated carbocycles. The third-order valence-electron chi connectivity index (χ3n) is 2.27. The highest BCUT2D eigenvalue weighted by molar-refractivity contribution is 7.13. The van der Waals surface area contributed by atoms with Gasteiger partial charge in [0.1, 0.15) is 5.01 Å². The van der Waals surface area contributed by atoms with Crippen molar-refractivity contribution in [3.05, 3.63) is 40.9 Å². The van der Waals surface area contributed by atoms with Gasteiger partial charge in [0.15, 0.2) is 5.69 Å². The molecule has 0 amide bonds. The third kappa shape index (κ3) is 2.51.